The Bertz CT molecular complexity index is 1060. The average molecular weight is 395 g/mol. The third-order valence-electron chi connectivity index (χ3n) is 4.38. The molecule has 142 valence electrons. The van der Waals surface area contributed by atoms with Gasteiger partial charge in [-0.3, -0.25) is 4.79 Å². The molecule has 3 aromatic rings. The van der Waals surface area contributed by atoms with Crippen LogP contribution in [0.15, 0.2) is 71.9 Å². The van der Waals surface area contributed by atoms with E-state index in [0.717, 1.165) is 12.0 Å². The van der Waals surface area contributed by atoms with Gasteiger partial charge in [-0.1, -0.05) is 48.0 Å². The van der Waals surface area contributed by atoms with E-state index in [1.54, 1.807) is 12.1 Å². The van der Waals surface area contributed by atoms with Crippen LogP contribution in [0.25, 0.3) is 0 Å². The number of carbonyl (C=O) groups is 1. The largest absolute Gasteiger partial charge is 0.489 e. The summed E-state index contributed by atoms with van der Waals surface area (Å²) in [6.45, 7) is 1.68. The highest BCUT2D eigenvalue weighted by Gasteiger charge is 2.18. The molecule has 0 atom stereocenters. The molecule has 2 aromatic carbocycles. The maximum atomic E-state index is 12.8. The van der Waals surface area contributed by atoms with Gasteiger partial charge in [-0.2, -0.15) is 4.99 Å². The molecule has 1 aromatic heterocycles. The third-order valence-corrected chi connectivity index (χ3v) is 4.66. The molecule has 0 radical (unpaired) electrons. The fourth-order valence-electron chi connectivity index (χ4n) is 3.01. The number of rotatable bonds is 3. The molecular weight excluding hydrogens is 376 g/mol. The van der Waals surface area contributed by atoms with Gasteiger partial charge in [0.1, 0.15) is 5.49 Å². The molecule has 2 heterocycles. The van der Waals surface area contributed by atoms with E-state index < -0.39 is 0 Å². The Morgan fingerprint density at radius 2 is 1.82 bits per heavy atom. The van der Waals surface area contributed by atoms with Crippen molar-refractivity contribution in [3.05, 3.63) is 88.5 Å². The Hall–Kier alpha value is -3.05. The Balaban J connectivity index is 1.68. The Kier molecular flexibility index (Phi) is 5.44. The molecule has 0 saturated carbocycles. The van der Waals surface area contributed by atoms with Crippen LogP contribution in [0.4, 0.5) is 0 Å². The second-order valence-electron chi connectivity index (χ2n) is 6.43. The van der Waals surface area contributed by atoms with Crippen molar-refractivity contribution in [2.24, 2.45) is 4.99 Å². The number of amides is 1. The minimum atomic E-state index is -0.384. The first-order valence-corrected chi connectivity index (χ1v) is 9.46. The van der Waals surface area contributed by atoms with E-state index in [0.29, 0.717) is 47.3 Å². The number of aromatic nitrogens is 1. The van der Waals surface area contributed by atoms with Crippen LogP contribution in [0.5, 0.6) is 11.5 Å². The standard InChI is InChI=1S/C22H19ClN2O3/c23-18-13-17(14-19-21(18)28-12-6-11-27-19)22(26)24-20-9-4-5-10-25(20)15-16-7-2-1-3-8-16/h1-5,7-10,13-14H,6,11-12,15H2. The van der Waals surface area contributed by atoms with E-state index in [9.17, 15) is 4.79 Å². The van der Waals surface area contributed by atoms with E-state index in [4.69, 9.17) is 21.1 Å². The first-order valence-electron chi connectivity index (χ1n) is 9.08. The summed E-state index contributed by atoms with van der Waals surface area (Å²) in [5, 5.41) is 0.350. The molecular formula is C22H19ClN2O3. The summed E-state index contributed by atoms with van der Waals surface area (Å²) in [6.07, 6.45) is 2.67. The van der Waals surface area contributed by atoms with Gasteiger partial charge in [0, 0.05) is 24.7 Å². The number of fused-ring (bicyclic) bond motifs is 1. The van der Waals surface area contributed by atoms with Crippen molar-refractivity contribution in [1.29, 1.82) is 0 Å². The molecule has 0 bridgehead atoms. The minimum Gasteiger partial charge on any atom is -0.489 e. The fraction of sp³-hybridized carbons (Fsp3) is 0.182. The van der Waals surface area contributed by atoms with E-state index >= 15 is 0 Å². The van der Waals surface area contributed by atoms with Crippen LogP contribution in [0.3, 0.4) is 0 Å². The van der Waals surface area contributed by atoms with Gasteiger partial charge in [0.15, 0.2) is 11.5 Å². The van der Waals surface area contributed by atoms with Crippen LogP contribution in [-0.2, 0) is 6.54 Å². The Labute approximate surface area is 167 Å². The lowest BCUT2D eigenvalue weighted by Gasteiger charge is -2.10. The van der Waals surface area contributed by atoms with Gasteiger partial charge in [0.05, 0.1) is 18.2 Å². The number of benzene rings is 2. The van der Waals surface area contributed by atoms with Crippen molar-refractivity contribution in [2.75, 3.05) is 13.2 Å². The number of halogens is 1. The van der Waals surface area contributed by atoms with Gasteiger partial charge in [-0.25, -0.2) is 0 Å². The number of pyridine rings is 1. The van der Waals surface area contributed by atoms with Crippen molar-refractivity contribution in [3.8, 4) is 11.5 Å². The summed E-state index contributed by atoms with van der Waals surface area (Å²) in [5.41, 5.74) is 2.06. The van der Waals surface area contributed by atoms with Gasteiger partial charge in [-0.05, 0) is 29.8 Å². The number of hydrogen-bond donors (Lipinski definition) is 0. The molecule has 5 nitrogen and oxygen atoms in total. The minimum absolute atomic E-state index is 0.350. The summed E-state index contributed by atoms with van der Waals surface area (Å²) in [6, 6.07) is 18.8. The maximum Gasteiger partial charge on any atom is 0.279 e. The highest BCUT2D eigenvalue weighted by molar-refractivity contribution is 6.32. The second kappa shape index (κ2) is 8.31. The average Bonchev–Trinajstić information content (AvgIpc) is 2.96. The van der Waals surface area contributed by atoms with Crippen LogP contribution in [0, 0.1) is 0 Å². The van der Waals surface area contributed by atoms with Crippen molar-refractivity contribution in [3.63, 3.8) is 0 Å². The molecule has 28 heavy (non-hydrogen) atoms. The van der Waals surface area contributed by atoms with E-state index in [-0.39, 0.29) is 5.91 Å². The molecule has 0 N–H and O–H groups in total. The number of hydrogen-bond acceptors (Lipinski definition) is 3. The van der Waals surface area contributed by atoms with Crippen LogP contribution in [0.2, 0.25) is 5.02 Å². The second-order valence-corrected chi connectivity index (χ2v) is 6.83. The predicted octanol–water partition coefficient (Wildman–Crippen LogP) is 4.09. The van der Waals surface area contributed by atoms with Gasteiger partial charge in [0.25, 0.3) is 5.91 Å². The molecule has 0 saturated heterocycles. The van der Waals surface area contributed by atoms with Crippen molar-refractivity contribution >= 4 is 17.5 Å². The lowest BCUT2D eigenvalue weighted by molar-refractivity contribution is 0.0996. The van der Waals surface area contributed by atoms with Crippen molar-refractivity contribution < 1.29 is 14.3 Å². The lowest BCUT2D eigenvalue weighted by atomic mass is 10.2. The molecule has 0 aliphatic carbocycles. The number of carbonyl (C=O) groups excluding carboxylic acids is 1. The molecule has 1 amide bonds. The molecule has 0 fully saturated rings. The zero-order valence-corrected chi connectivity index (χ0v) is 15.9. The molecule has 1 aliphatic heterocycles. The van der Waals surface area contributed by atoms with Gasteiger partial charge >= 0.3 is 0 Å². The van der Waals surface area contributed by atoms with Gasteiger partial charge in [-0.15, -0.1) is 0 Å². The Morgan fingerprint density at radius 3 is 2.68 bits per heavy atom. The first kappa shape index (κ1) is 18.3. The van der Waals surface area contributed by atoms with Crippen LogP contribution >= 0.6 is 11.6 Å². The summed E-state index contributed by atoms with van der Waals surface area (Å²) in [7, 11) is 0. The first-order chi connectivity index (χ1) is 13.7. The lowest BCUT2D eigenvalue weighted by Crippen LogP contribution is -2.22. The van der Waals surface area contributed by atoms with E-state index in [1.807, 2.05) is 59.3 Å². The monoisotopic (exact) mass is 394 g/mol. The maximum absolute atomic E-state index is 12.8. The van der Waals surface area contributed by atoms with E-state index in [2.05, 4.69) is 4.99 Å². The molecule has 4 rings (SSSR count). The number of nitrogens with zero attached hydrogens (tertiary/aromatic N) is 2. The van der Waals surface area contributed by atoms with Crippen LogP contribution in [0.1, 0.15) is 22.3 Å². The SMILES string of the molecule is O=C(N=c1ccccn1Cc1ccccc1)c1cc(Cl)c2c(c1)OCCCO2. The topological polar surface area (TPSA) is 52.8 Å². The summed E-state index contributed by atoms with van der Waals surface area (Å²) >= 11 is 6.30. The highest BCUT2D eigenvalue weighted by atomic mass is 35.5. The molecule has 1 aliphatic rings. The van der Waals surface area contributed by atoms with Gasteiger partial charge in [0.2, 0.25) is 0 Å². The number of ether oxygens (including phenoxy) is 2. The molecule has 6 heteroatoms. The van der Waals surface area contributed by atoms with E-state index in [1.165, 1.54) is 0 Å². The zero-order valence-electron chi connectivity index (χ0n) is 15.2. The quantitative estimate of drug-likeness (QED) is 0.672. The summed E-state index contributed by atoms with van der Waals surface area (Å²) < 4.78 is 13.2. The molecule has 0 unspecified atom stereocenters. The van der Waals surface area contributed by atoms with Crippen molar-refractivity contribution in [2.45, 2.75) is 13.0 Å². The predicted molar refractivity (Wildman–Crippen MR) is 107 cm³/mol. The molecule has 0 spiro atoms. The summed E-state index contributed by atoms with van der Waals surface area (Å²) in [4.78, 5) is 17.1. The third kappa shape index (κ3) is 4.10. The highest BCUT2D eigenvalue weighted by Crippen LogP contribution is 2.38. The van der Waals surface area contributed by atoms with Crippen LogP contribution < -0.4 is 15.0 Å². The fourth-order valence-corrected chi connectivity index (χ4v) is 3.27. The smallest absolute Gasteiger partial charge is 0.279 e. The summed E-state index contributed by atoms with van der Waals surface area (Å²) in [5.74, 6) is 0.578. The zero-order chi connectivity index (χ0) is 19.3. The van der Waals surface area contributed by atoms with Crippen LogP contribution in [-0.4, -0.2) is 23.7 Å². The van der Waals surface area contributed by atoms with Crippen molar-refractivity contribution in [1.82, 2.24) is 4.57 Å². The Morgan fingerprint density at radius 1 is 1.04 bits per heavy atom. The normalized spacial score (nSPS) is 13.8. The van der Waals surface area contributed by atoms with Gasteiger partial charge < -0.3 is 14.0 Å².